The summed E-state index contributed by atoms with van der Waals surface area (Å²) in [5, 5.41) is 4.41. The fourth-order valence-corrected chi connectivity index (χ4v) is 2.19. The lowest BCUT2D eigenvalue weighted by Gasteiger charge is -2.20. The van der Waals surface area contributed by atoms with Crippen LogP contribution < -0.4 is 16.0 Å². The Kier molecular flexibility index (Phi) is 5.26. The Bertz CT molecular complexity index is 554. The first-order chi connectivity index (χ1) is 10.2. The van der Waals surface area contributed by atoms with E-state index in [2.05, 4.69) is 20.4 Å². The van der Waals surface area contributed by atoms with Gasteiger partial charge in [0.05, 0.1) is 25.9 Å². The molecule has 2 heterocycles. The molecule has 0 amide bonds. The van der Waals surface area contributed by atoms with Gasteiger partial charge in [0.2, 0.25) is 0 Å². The number of pyridine rings is 1. The van der Waals surface area contributed by atoms with Crippen molar-refractivity contribution in [3.63, 3.8) is 0 Å². The van der Waals surface area contributed by atoms with E-state index in [1.54, 1.807) is 25.7 Å². The number of methoxy groups -OCH3 is 1. The first kappa shape index (κ1) is 15.4. The van der Waals surface area contributed by atoms with Gasteiger partial charge in [-0.2, -0.15) is 5.10 Å². The van der Waals surface area contributed by atoms with Crippen molar-refractivity contribution in [2.45, 2.75) is 12.6 Å². The monoisotopic (exact) mass is 290 g/mol. The number of hydrazine groups is 1. The second-order valence-electron chi connectivity index (χ2n) is 5.00. The molecule has 0 radical (unpaired) electrons. The van der Waals surface area contributed by atoms with E-state index in [9.17, 15) is 0 Å². The molecule has 0 fully saturated rings. The van der Waals surface area contributed by atoms with Gasteiger partial charge in [-0.05, 0) is 31.8 Å². The van der Waals surface area contributed by atoms with E-state index in [0.29, 0.717) is 5.75 Å². The van der Waals surface area contributed by atoms with Crippen LogP contribution in [0.2, 0.25) is 0 Å². The smallest absolute Gasteiger partial charge is 0.161 e. The normalized spacial score (nSPS) is 12.6. The molecule has 0 spiro atoms. The molecule has 21 heavy (non-hydrogen) atoms. The molecule has 3 N–H and O–H groups in total. The van der Waals surface area contributed by atoms with Crippen LogP contribution in [0.3, 0.4) is 0 Å². The molecule has 0 saturated carbocycles. The van der Waals surface area contributed by atoms with Gasteiger partial charge in [0.25, 0.3) is 0 Å². The first-order valence-electron chi connectivity index (χ1n) is 6.77. The molecular formula is C14H22N6O. The number of nitrogens with two attached hydrogens (primary N) is 1. The fourth-order valence-electron chi connectivity index (χ4n) is 2.19. The van der Waals surface area contributed by atoms with Crippen molar-refractivity contribution in [2.75, 3.05) is 27.7 Å². The molecule has 2 rings (SSSR count). The average molecular weight is 290 g/mol. The second-order valence-corrected chi connectivity index (χ2v) is 5.00. The van der Waals surface area contributed by atoms with Crippen molar-refractivity contribution in [1.29, 1.82) is 0 Å². The van der Waals surface area contributed by atoms with Gasteiger partial charge in [0.1, 0.15) is 5.69 Å². The zero-order valence-electron chi connectivity index (χ0n) is 12.7. The highest BCUT2D eigenvalue weighted by atomic mass is 16.5. The molecule has 1 unspecified atom stereocenters. The Morgan fingerprint density at radius 2 is 2.10 bits per heavy atom. The third-order valence-electron chi connectivity index (χ3n) is 3.30. The van der Waals surface area contributed by atoms with Crippen LogP contribution in [0.5, 0.6) is 5.75 Å². The van der Waals surface area contributed by atoms with Gasteiger partial charge >= 0.3 is 0 Å². The van der Waals surface area contributed by atoms with Crippen molar-refractivity contribution in [1.82, 2.24) is 25.1 Å². The van der Waals surface area contributed by atoms with E-state index in [1.165, 1.54) is 0 Å². The van der Waals surface area contributed by atoms with Gasteiger partial charge in [-0.15, -0.1) is 0 Å². The standard InChI is InChI=1S/C14H22N6O/c1-19(2)8-9-20-14(12(21-3)10-17-20)13(18-15)11-4-6-16-7-5-11/h4-7,10,13,18H,8-9,15H2,1-3H3. The number of nitrogens with zero attached hydrogens (tertiary/aromatic N) is 4. The van der Waals surface area contributed by atoms with E-state index in [4.69, 9.17) is 10.6 Å². The topological polar surface area (TPSA) is 81.2 Å². The Balaban J connectivity index is 2.37. The van der Waals surface area contributed by atoms with E-state index >= 15 is 0 Å². The number of ether oxygens (including phenoxy) is 1. The number of hydrogen-bond acceptors (Lipinski definition) is 6. The van der Waals surface area contributed by atoms with Crippen molar-refractivity contribution in [3.05, 3.63) is 42.0 Å². The fraction of sp³-hybridized carbons (Fsp3) is 0.429. The molecule has 2 aromatic rings. The summed E-state index contributed by atoms with van der Waals surface area (Å²) < 4.78 is 7.35. The van der Waals surface area contributed by atoms with Crippen LogP contribution >= 0.6 is 0 Å². The average Bonchev–Trinajstić information content (AvgIpc) is 2.90. The van der Waals surface area contributed by atoms with E-state index in [0.717, 1.165) is 24.3 Å². The molecular weight excluding hydrogens is 268 g/mol. The predicted octanol–water partition coefficient (Wildman–Crippen LogP) is 0.401. The number of rotatable bonds is 7. The SMILES string of the molecule is COc1cnn(CCN(C)C)c1C(NN)c1ccncc1. The predicted molar refractivity (Wildman–Crippen MR) is 80.7 cm³/mol. The highest BCUT2D eigenvalue weighted by Crippen LogP contribution is 2.29. The minimum atomic E-state index is -0.201. The molecule has 2 aromatic heterocycles. The molecule has 0 aliphatic carbocycles. The van der Waals surface area contributed by atoms with E-state index < -0.39 is 0 Å². The lowest BCUT2D eigenvalue weighted by atomic mass is 10.1. The van der Waals surface area contributed by atoms with E-state index in [-0.39, 0.29) is 6.04 Å². The van der Waals surface area contributed by atoms with Crippen LogP contribution in [0.15, 0.2) is 30.7 Å². The molecule has 7 heteroatoms. The summed E-state index contributed by atoms with van der Waals surface area (Å²) >= 11 is 0. The molecule has 1 atom stereocenters. The molecule has 0 saturated heterocycles. The van der Waals surface area contributed by atoms with Crippen LogP contribution in [0, 0.1) is 0 Å². The highest BCUT2D eigenvalue weighted by Gasteiger charge is 2.22. The molecule has 0 aliphatic heterocycles. The Labute approximate surface area is 124 Å². The van der Waals surface area contributed by atoms with Gasteiger partial charge in [-0.3, -0.25) is 15.5 Å². The minimum Gasteiger partial charge on any atom is -0.493 e. The Morgan fingerprint density at radius 1 is 1.38 bits per heavy atom. The maximum atomic E-state index is 5.77. The van der Waals surface area contributed by atoms with Crippen molar-refractivity contribution in [2.24, 2.45) is 5.84 Å². The summed E-state index contributed by atoms with van der Waals surface area (Å²) in [6, 6.07) is 3.65. The largest absolute Gasteiger partial charge is 0.493 e. The maximum absolute atomic E-state index is 5.77. The van der Waals surface area contributed by atoms with Crippen LogP contribution in [0.1, 0.15) is 17.3 Å². The molecule has 0 aromatic carbocycles. The Morgan fingerprint density at radius 3 is 2.67 bits per heavy atom. The summed E-state index contributed by atoms with van der Waals surface area (Å²) in [7, 11) is 5.70. The minimum absolute atomic E-state index is 0.201. The third-order valence-corrected chi connectivity index (χ3v) is 3.30. The number of aromatic nitrogens is 3. The zero-order valence-corrected chi connectivity index (χ0v) is 12.7. The molecule has 114 valence electrons. The summed E-state index contributed by atoms with van der Waals surface area (Å²) in [5.74, 6) is 6.48. The summed E-state index contributed by atoms with van der Waals surface area (Å²) in [6.45, 7) is 1.64. The van der Waals surface area contributed by atoms with Crippen LogP contribution in [-0.2, 0) is 6.54 Å². The van der Waals surface area contributed by atoms with Crippen LogP contribution in [0.4, 0.5) is 0 Å². The molecule has 7 nitrogen and oxygen atoms in total. The van der Waals surface area contributed by atoms with Crippen molar-refractivity contribution >= 4 is 0 Å². The lowest BCUT2D eigenvalue weighted by molar-refractivity contribution is 0.359. The molecule has 0 bridgehead atoms. The maximum Gasteiger partial charge on any atom is 0.161 e. The van der Waals surface area contributed by atoms with Crippen molar-refractivity contribution < 1.29 is 4.74 Å². The number of nitrogens with one attached hydrogen (secondary N) is 1. The van der Waals surface area contributed by atoms with Gasteiger partial charge in [-0.1, -0.05) is 0 Å². The van der Waals surface area contributed by atoms with Gasteiger partial charge < -0.3 is 9.64 Å². The van der Waals surface area contributed by atoms with E-state index in [1.807, 2.05) is 30.9 Å². The lowest BCUT2D eigenvalue weighted by Crippen LogP contribution is -2.32. The summed E-state index contributed by atoms with van der Waals surface area (Å²) in [4.78, 5) is 6.15. The zero-order chi connectivity index (χ0) is 15.2. The molecule has 0 aliphatic rings. The Hall–Kier alpha value is -1.96. The van der Waals surface area contributed by atoms with Gasteiger partial charge in [-0.25, -0.2) is 5.43 Å². The van der Waals surface area contributed by atoms with Gasteiger partial charge in [0.15, 0.2) is 5.75 Å². The van der Waals surface area contributed by atoms with Crippen LogP contribution in [0.25, 0.3) is 0 Å². The highest BCUT2D eigenvalue weighted by molar-refractivity contribution is 5.35. The number of hydrogen-bond donors (Lipinski definition) is 2. The number of likely N-dealkylation sites (N-methyl/N-ethyl adjacent to an activating group) is 1. The third kappa shape index (κ3) is 3.57. The van der Waals surface area contributed by atoms with Crippen molar-refractivity contribution in [3.8, 4) is 5.75 Å². The second kappa shape index (κ2) is 7.16. The summed E-state index contributed by atoms with van der Waals surface area (Å²) in [6.07, 6.45) is 5.20. The van der Waals surface area contributed by atoms with Gasteiger partial charge in [0, 0.05) is 18.9 Å². The first-order valence-corrected chi connectivity index (χ1v) is 6.77. The quantitative estimate of drug-likeness (QED) is 0.567. The summed E-state index contributed by atoms with van der Waals surface area (Å²) in [5.41, 5.74) is 4.76. The van der Waals surface area contributed by atoms with Crippen LogP contribution in [-0.4, -0.2) is 47.4 Å².